The number of benzene rings is 2. The highest BCUT2D eigenvalue weighted by Gasteiger charge is 2.27. The minimum absolute atomic E-state index is 0.0938. The van der Waals surface area contributed by atoms with E-state index in [9.17, 15) is 16.8 Å². The molecule has 1 N–H and O–H groups in total. The fraction of sp³-hybridized carbons (Fsp3) is 0.478. The van der Waals surface area contributed by atoms with Crippen molar-refractivity contribution < 1.29 is 21.6 Å². The van der Waals surface area contributed by atoms with Crippen LogP contribution in [0.2, 0.25) is 0 Å². The normalized spacial score (nSPS) is 15.7. The molecule has 0 amide bonds. The van der Waals surface area contributed by atoms with Gasteiger partial charge in [0.15, 0.2) is 0 Å². The molecule has 8 nitrogen and oxygen atoms in total. The lowest BCUT2D eigenvalue weighted by Crippen LogP contribution is -2.35. The summed E-state index contributed by atoms with van der Waals surface area (Å²) in [4.78, 5) is 0.416. The number of rotatable bonds is 9. The Bertz CT molecular complexity index is 1170. The van der Waals surface area contributed by atoms with Gasteiger partial charge >= 0.3 is 0 Å². The number of nitrogens with one attached hydrogen (secondary N) is 1. The summed E-state index contributed by atoms with van der Waals surface area (Å²) in [5, 5.41) is 3.24. The van der Waals surface area contributed by atoms with E-state index >= 15 is 0 Å². The minimum Gasteiger partial charge on any atom is -0.489 e. The number of ether oxygens (including phenoxy) is 1. The predicted molar refractivity (Wildman–Crippen MR) is 129 cm³/mol. The van der Waals surface area contributed by atoms with E-state index in [2.05, 4.69) is 5.32 Å². The van der Waals surface area contributed by atoms with Gasteiger partial charge in [0.1, 0.15) is 5.75 Å². The van der Waals surface area contributed by atoms with Crippen LogP contribution in [0.25, 0.3) is 0 Å². The first-order valence-electron chi connectivity index (χ1n) is 11.1. The molecule has 2 aromatic rings. The van der Waals surface area contributed by atoms with E-state index in [1.807, 2.05) is 19.9 Å². The lowest BCUT2D eigenvalue weighted by molar-refractivity contribution is 0.243. The van der Waals surface area contributed by atoms with Crippen molar-refractivity contribution in [3.05, 3.63) is 48.0 Å². The summed E-state index contributed by atoms with van der Waals surface area (Å²) in [5.41, 5.74) is 1.29. The van der Waals surface area contributed by atoms with Crippen molar-refractivity contribution in [3.8, 4) is 5.75 Å². The molecule has 0 unspecified atom stereocenters. The summed E-state index contributed by atoms with van der Waals surface area (Å²) in [7, 11) is -4.16. The van der Waals surface area contributed by atoms with Gasteiger partial charge in [-0.25, -0.2) is 21.1 Å². The second-order valence-electron chi connectivity index (χ2n) is 8.58. The number of hydrogen-bond acceptors (Lipinski definition) is 6. The summed E-state index contributed by atoms with van der Waals surface area (Å²) in [6, 6.07) is 11.5. The Kier molecular flexibility index (Phi) is 8.04. The highest BCUT2D eigenvalue weighted by molar-refractivity contribution is 7.89. The van der Waals surface area contributed by atoms with Crippen molar-refractivity contribution in [2.45, 2.75) is 55.5 Å². The van der Waals surface area contributed by atoms with Gasteiger partial charge in [0.2, 0.25) is 20.0 Å². The van der Waals surface area contributed by atoms with Crippen molar-refractivity contribution in [1.82, 2.24) is 8.61 Å². The first kappa shape index (κ1) is 25.5. The molecule has 1 aliphatic heterocycles. The fourth-order valence-electron chi connectivity index (χ4n) is 3.64. The van der Waals surface area contributed by atoms with E-state index in [4.69, 9.17) is 4.74 Å². The Morgan fingerprint density at radius 3 is 2.30 bits per heavy atom. The van der Waals surface area contributed by atoms with Gasteiger partial charge < -0.3 is 10.1 Å². The van der Waals surface area contributed by atoms with Crippen molar-refractivity contribution in [2.75, 3.05) is 32.5 Å². The molecule has 1 saturated heterocycles. The molecule has 33 heavy (non-hydrogen) atoms. The van der Waals surface area contributed by atoms with Crippen LogP contribution in [0.4, 0.5) is 5.69 Å². The van der Waals surface area contributed by atoms with Crippen LogP contribution in [0.1, 0.15) is 38.7 Å². The summed E-state index contributed by atoms with van der Waals surface area (Å²) in [6.07, 6.45) is 2.68. The molecule has 3 rings (SSSR count). The molecule has 2 aromatic carbocycles. The molecule has 0 aromatic heterocycles. The van der Waals surface area contributed by atoms with Crippen molar-refractivity contribution in [3.63, 3.8) is 0 Å². The highest BCUT2D eigenvalue weighted by atomic mass is 32.2. The maximum Gasteiger partial charge on any atom is 0.243 e. The Morgan fingerprint density at radius 1 is 0.970 bits per heavy atom. The summed E-state index contributed by atoms with van der Waals surface area (Å²) in [6.45, 7) is 5.17. The minimum atomic E-state index is -3.60. The Hall–Kier alpha value is -2.14. The van der Waals surface area contributed by atoms with E-state index in [-0.39, 0.29) is 15.9 Å². The Balaban J connectivity index is 1.89. The molecule has 0 aliphatic carbocycles. The van der Waals surface area contributed by atoms with E-state index in [1.54, 1.807) is 36.4 Å². The maximum absolute atomic E-state index is 13.2. The van der Waals surface area contributed by atoms with Gasteiger partial charge in [-0.1, -0.05) is 18.6 Å². The average molecular weight is 496 g/mol. The van der Waals surface area contributed by atoms with Crippen molar-refractivity contribution in [1.29, 1.82) is 0 Å². The zero-order chi connectivity index (χ0) is 24.2. The van der Waals surface area contributed by atoms with Gasteiger partial charge in [-0.05, 0) is 62.6 Å². The molecule has 182 valence electrons. The van der Waals surface area contributed by atoms with Crippen molar-refractivity contribution >= 4 is 25.7 Å². The smallest absolute Gasteiger partial charge is 0.243 e. The molecule has 0 atom stereocenters. The lowest BCUT2D eigenvalue weighted by Gasteiger charge is -2.26. The van der Waals surface area contributed by atoms with Gasteiger partial charge in [0.05, 0.1) is 21.6 Å². The van der Waals surface area contributed by atoms with Crippen molar-refractivity contribution in [2.24, 2.45) is 0 Å². The zero-order valence-corrected chi connectivity index (χ0v) is 21.2. The monoisotopic (exact) mass is 495 g/mol. The number of sulfonamides is 2. The average Bonchev–Trinajstić information content (AvgIpc) is 2.78. The molecule has 10 heteroatoms. The molecule has 0 bridgehead atoms. The molecule has 1 heterocycles. The second-order valence-corrected chi connectivity index (χ2v) is 12.7. The predicted octanol–water partition coefficient (Wildman–Crippen LogP) is 3.51. The maximum atomic E-state index is 13.2. The van der Waals surface area contributed by atoms with Gasteiger partial charge in [0, 0.05) is 33.7 Å². The van der Waals surface area contributed by atoms with E-state index in [0.717, 1.165) is 24.8 Å². The van der Waals surface area contributed by atoms with E-state index < -0.39 is 20.0 Å². The molecule has 1 fully saturated rings. The quantitative estimate of drug-likeness (QED) is 0.572. The fourth-order valence-corrected chi connectivity index (χ4v) is 6.16. The van der Waals surface area contributed by atoms with Crippen LogP contribution in [0.3, 0.4) is 0 Å². The molecular formula is C23H33N3O5S2. The lowest BCUT2D eigenvalue weighted by atomic mass is 10.2. The third-order valence-corrected chi connectivity index (χ3v) is 9.13. The Labute approximate surface area is 197 Å². The number of piperidine rings is 1. The number of nitrogens with zero attached hydrogens (tertiary/aromatic N) is 2. The van der Waals surface area contributed by atoms with Crippen LogP contribution >= 0.6 is 0 Å². The molecule has 1 aliphatic rings. The number of hydrogen-bond donors (Lipinski definition) is 1. The van der Waals surface area contributed by atoms with E-state index in [0.29, 0.717) is 31.1 Å². The SMILES string of the molecule is CC(C)Oc1ccc(S(=O)(=O)N2CCCCC2)cc1NCc1cccc(S(=O)(=O)N(C)C)c1. The van der Waals surface area contributed by atoms with Crippen LogP contribution < -0.4 is 10.1 Å². The largest absolute Gasteiger partial charge is 0.489 e. The molecule has 0 saturated carbocycles. The number of anilines is 1. The second kappa shape index (κ2) is 10.4. The van der Waals surface area contributed by atoms with E-state index in [1.165, 1.54) is 22.7 Å². The van der Waals surface area contributed by atoms with Crippen LogP contribution in [-0.4, -0.2) is 58.7 Å². The van der Waals surface area contributed by atoms with Crippen LogP contribution in [0, 0.1) is 0 Å². The third-order valence-electron chi connectivity index (χ3n) is 5.43. The van der Waals surface area contributed by atoms with Gasteiger partial charge in [-0.2, -0.15) is 4.31 Å². The third kappa shape index (κ3) is 6.06. The van der Waals surface area contributed by atoms with Crippen LogP contribution in [0.15, 0.2) is 52.3 Å². The topological polar surface area (TPSA) is 96.0 Å². The molecular weight excluding hydrogens is 462 g/mol. The summed E-state index contributed by atoms with van der Waals surface area (Å²) in [5.74, 6) is 0.541. The standard InChI is InChI=1S/C23H33N3O5S2/c1-18(2)31-23-12-11-21(33(29,30)26-13-6-5-7-14-26)16-22(23)24-17-19-9-8-10-20(15-19)32(27,28)25(3)4/h8-12,15-16,18,24H,5-7,13-14,17H2,1-4H3. The molecule has 0 radical (unpaired) electrons. The van der Waals surface area contributed by atoms with Crippen LogP contribution in [0.5, 0.6) is 5.75 Å². The van der Waals surface area contributed by atoms with Gasteiger partial charge in [-0.3, -0.25) is 0 Å². The zero-order valence-electron chi connectivity index (χ0n) is 19.6. The Morgan fingerprint density at radius 2 is 1.67 bits per heavy atom. The van der Waals surface area contributed by atoms with Gasteiger partial charge in [0.25, 0.3) is 0 Å². The highest BCUT2D eigenvalue weighted by Crippen LogP contribution is 2.31. The molecule has 0 spiro atoms. The first-order chi connectivity index (χ1) is 15.5. The van der Waals surface area contributed by atoms with Crippen LogP contribution in [-0.2, 0) is 26.6 Å². The summed E-state index contributed by atoms with van der Waals surface area (Å²) < 4.78 is 59.8. The summed E-state index contributed by atoms with van der Waals surface area (Å²) >= 11 is 0. The van der Waals surface area contributed by atoms with Gasteiger partial charge in [-0.15, -0.1) is 0 Å². The first-order valence-corrected chi connectivity index (χ1v) is 14.0.